The lowest BCUT2D eigenvalue weighted by atomic mass is 9.89. The number of carbonyl (C=O) groups is 1. The first-order chi connectivity index (χ1) is 21.7. The van der Waals surface area contributed by atoms with E-state index in [1.165, 1.54) is 52.1 Å². The summed E-state index contributed by atoms with van der Waals surface area (Å²) in [5, 5.41) is 2.63. The summed E-state index contributed by atoms with van der Waals surface area (Å²) in [6.07, 6.45) is -3.05. The van der Waals surface area contributed by atoms with Crippen molar-refractivity contribution in [3.05, 3.63) is 71.2 Å². The molecule has 14 heteroatoms. The zero-order valence-corrected chi connectivity index (χ0v) is 26.4. The highest BCUT2D eigenvalue weighted by molar-refractivity contribution is 7.90. The minimum atomic E-state index is -5.01. The van der Waals surface area contributed by atoms with E-state index in [0.717, 1.165) is 31.0 Å². The number of halogens is 5. The van der Waals surface area contributed by atoms with E-state index in [1.807, 2.05) is 0 Å². The summed E-state index contributed by atoms with van der Waals surface area (Å²) in [4.78, 5) is 17.5. The molecule has 5 rings (SSSR count). The van der Waals surface area contributed by atoms with Crippen LogP contribution in [0.25, 0.3) is 11.3 Å². The maximum atomic E-state index is 15.0. The first-order valence-corrected chi connectivity index (χ1v) is 15.7. The van der Waals surface area contributed by atoms with Crippen LogP contribution in [0, 0.1) is 5.82 Å². The number of ether oxygens (including phenoxy) is 3. The van der Waals surface area contributed by atoms with Gasteiger partial charge in [-0.3, -0.25) is 9.18 Å². The summed E-state index contributed by atoms with van der Waals surface area (Å²) in [6, 6.07) is 10.5. The van der Waals surface area contributed by atoms with E-state index in [-0.39, 0.29) is 40.9 Å². The molecule has 2 aliphatic rings. The summed E-state index contributed by atoms with van der Waals surface area (Å²) in [5.41, 5.74) is -3.15. The third-order valence-electron chi connectivity index (χ3n) is 7.67. The second-order valence-corrected chi connectivity index (χ2v) is 14.2. The second kappa shape index (κ2) is 12.9. The van der Waals surface area contributed by atoms with Crippen LogP contribution in [0.1, 0.15) is 61.1 Å². The average molecular weight is 668 g/mol. The van der Waals surface area contributed by atoms with Gasteiger partial charge in [0.05, 0.1) is 19.9 Å². The number of rotatable bonds is 11. The topological polar surface area (TPSA) is 105 Å². The number of methoxy groups -OCH3 is 1. The molecule has 0 bridgehead atoms. The standard InChI is InChI=1S/C32H34F5N3O5S/c1-30(2,3)46(42)40-31(32(35,36)37)17-44-28-23(31)14-24(39-27(28)18-5-8-21(34)9-6-18)20(15-33)16-38-29(41)19-7-12-25(26(13-19)43-4)45-22-10-11-22/h5-9,12-14,20,22,40H,10-11,15-17H2,1-4H3,(H,38,41)/t20-,31+,46?/m1/s1. The van der Waals surface area contributed by atoms with Crippen molar-refractivity contribution in [3.8, 4) is 28.5 Å². The molecule has 2 heterocycles. The molecule has 3 atom stereocenters. The van der Waals surface area contributed by atoms with Crippen LogP contribution in [0.15, 0.2) is 48.5 Å². The van der Waals surface area contributed by atoms with Crippen LogP contribution in [0.4, 0.5) is 22.0 Å². The van der Waals surface area contributed by atoms with Crippen molar-refractivity contribution >= 4 is 17.3 Å². The van der Waals surface area contributed by atoms with Crippen LogP contribution in [0.5, 0.6) is 17.2 Å². The molecule has 248 valence electrons. The quantitative estimate of drug-likeness (QED) is 0.188. The summed E-state index contributed by atoms with van der Waals surface area (Å²) < 4.78 is 104. The third kappa shape index (κ3) is 6.88. The minimum absolute atomic E-state index is 0.0808. The Labute approximate surface area is 266 Å². The van der Waals surface area contributed by atoms with Crippen molar-refractivity contribution in [3.63, 3.8) is 0 Å². The highest BCUT2D eigenvalue weighted by Gasteiger charge is 2.65. The van der Waals surface area contributed by atoms with E-state index in [9.17, 15) is 31.3 Å². The van der Waals surface area contributed by atoms with Crippen molar-refractivity contribution < 1.29 is 45.5 Å². The van der Waals surface area contributed by atoms with Crippen molar-refractivity contribution in [2.24, 2.45) is 0 Å². The molecule has 2 aromatic carbocycles. The molecular weight excluding hydrogens is 633 g/mol. The number of amides is 1. The van der Waals surface area contributed by atoms with Gasteiger partial charge >= 0.3 is 6.18 Å². The molecule has 0 radical (unpaired) electrons. The van der Waals surface area contributed by atoms with E-state index < -0.39 is 64.3 Å². The van der Waals surface area contributed by atoms with Gasteiger partial charge in [0, 0.05) is 46.2 Å². The van der Waals surface area contributed by atoms with E-state index in [1.54, 1.807) is 6.07 Å². The lowest BCUT2D eigenvalue weighted by Crippen LogP contribution is -2.60. The molecule has 0 spiro atoms. The number of fused-ring (bicyclic) bond motifs is 1. The number of hydrogen-bond donors (Lipinski definition) is 2. The molecule has 1 aliphatic carbocycles. The molecule has 1 saturated carbocycles. The summed E-state index contributed by atoms with van der Waals surface area (Å²) in [5.74, 6) is -1.78. The van der Waals surface area contributed by atoms with Crippen molar-refractivity contribution in [2.45, 2.75) is 62.1 Å². The van der Waals surface area contributed by atoms with Gasteiger partial charge in [-0.1, -0.05) is 0 Å². The number of carbonyl (C=O) groups excluding carboxylic acids is 1. The Balaban J connectivity index is 1.51. The first-order valence-electron chi connectivity index (χ1n) is 14.6. The van der Waals surface area contributed by atoms with E-state index >= 15 is 0 Å². The molecule has 46 heavy (non-hydrogen) atoms. The highest BCUT2D eigenvalue weighted by atomic mass is 32.2. The first kappa shape index (κ1) is 33.7. The molecule has 1 fully saturated rings. The number of nitrogens with one attached hydrogen (secondary N) is 2. The van der Waals surface area contributed by atoms with Crippen LogP contribution >= 0.6 is 0 Å². The Hall–Kier alpha value is -3.62. The number of hydrogen-bond acceptors (Lipinski definition) is 7. The molecule has 1 aliphatic heterocycles. The van der Waals surface area contributed by atoms with Crippen LogP contribution in [0.3, 0.4) is 0 Å². The molecule has 1 aromatic heterocycles. The molecular formula is C32H34F5N3O5S. The smallest absolute Gasteiger partial charge is 0.418 e. The number of pyridine rings is 1. The predicted octanol–water partition coefficient (Wildman–Crippen LogP) is 6.12. The summed E-state index contributed by atoms with van der Waals surface area (Å²) in [6.45, 7) is 2.17. The van der Waals surface area contributed by atoms with Gasteiger partial charge in [-0.05, 0) is 82.1 Å². The Morgan fingerprint density at radius 3 is 2.41 bits per heavy atom. The van der Waals surface area contributed by atoms with Gasteiger partial charge in [0.2, 0.25) is 5.54 Å². The van der Waals surface area contributed by atoms with Gasteiger partial charge < -0.3 is 24.1 Å². The molecule has 1 unspecified atom stereocenters. The van der Waals surface area contributed by atoms with Crippen molar-refractivity contribution in [2.75, 3.05) is 26.9 Å². The second-order valence-electron chi connectivity index (χ2n) is 12.2. The van der Waals surface area contributed by atoms with Crippen molar-refractivity contribution in [1.82, 2.24) is 15.0 Å². The zero-order valence-electron chi connectivity index (χ0n) is 25.6. The highest BCUT2D eigenvalue weighted by Crippen LogP contribution is 2.51. The average Bonchev–Trinajstić information content (AvgIpc) is 3.75. The Bertz CT molecular complexity index is 1580. The minimum Gasteiger partial charge on any atom is -0.598 e. The van der Waals surface area contributed by atoms with Crippen LogP contribution in [-0.2, 0) is 16.9 Å². The fourth-order valence-corrected chi connectivity index (χ4v) is 5.71. The fraction of sp³-hybridized carbons (Fsp3) is 0.438. The maximum absolute atomic E-state index is 15.0. The predicted molar refractivity (Wildman–Crippen MR) is 162 cm³/mol. The van der Waals surface area contributed by atoms with E-state index in [2.05, 4.69) is 15.0 Å². The number of aromatic nitrogens is 1. The molecule has 1 amide bonds. The van der Waals surface area contributed by atoms with Crippen LogP contribution < -0.4 is 24.2 Å². The lowest BCUT2D eigenvalue weighted by Gasteiger charge is -2.35. The summed E-state index contributed by atoms with van der Waals surface area (Å²) in [7, 11) is 1.44. The zero-order chi connectivity index (χ0) is 33.4. The van der Waals surface area contributed by atoms with Crippen molar-refractivity contribution in [1.29, 1.82) is 0 Å². The molecule has 3 aromatic rings. The molecule has 8 nitrogen and oxygen atoms in total. The van der Waals surface area contributed by atoms with E-state index in [0.29, 0.717) is 11.5 Å². The Morgan fingerprint density at radius 2 is 1.83 bits per heavy atom. The lowest BCUT2D eigenvalue weighted by molar-refractivity contribution is -0.196. The molecule has 2 N–H and O–H groups in total. The van der Waals surface area contributed by atoms with Gasteiger partial charge in [0.15, 0.2) is 17.2 Å². The van der Waals surface area contributed by atoms with Gasteiger partial charge in [-0.15, -0.1) is 4.72 Å². The normalized spacial score (nSPS) is 19.2. The third-order valence-corrected chi connectivity index (χ3v) is 9.31. The van der Waals surface area contributed by atoms with Gasteiger partial charge in [0.1, 0.15) is 22.9 Å². The number of nitrogens with zero attached hydrogens (tertiary/aromatic N) is 1. The number of alkyl halides is 4. The number of benzene rings is 2. The largest absolute Gasteiger partial charge is 0.598 e. The van der Waals surface area contributed by atoms with Gasteiger partial charge in [-0.25, -0.2) is 9.37 Å². The summed E-state index contributed by atoms with van der Waals surface area (Å²) >= 11 is -2.20. The van der Waals surface area contributed by atoms with Gasteiger partial charge in [-0.2, -0.15) is 13.2 Å². The Morgan fingerprint density at radius 1 is 1.13 bits per heavy atom. The van der Waals surface area contributed by atoms with Crippen LogP contribution in [0.2, 0.25) is 0 Å². The van der Waals surface area contributed by atoms with E-state index in [4.69, 9.17) is 14.2 Å². The van der Waals surface area contributed by atoms with Gasteiger partial charge in [0.25, 0.3) is 5.91 Å². The molecule has 0 saturated heterocycles. The SMILES string of the molecule is COc1cc(C(=O)NC[C@@H](CF)c2cc3c(c(-c4ccc(F)cc4)n2)OC[C@@]3(N[S+]([O-])C(C)(C)C)C(F)(F)F)ccc1OC1CC1. The Kier molecular flexibility index (Phi) is 9.45. The monoisotopic (exact) mass is 667 g/mol. The van der Waals surface area contributed by atoms with Crippen LogP contribution in [-0.4, -0.2) is 59.4 Å². The fourth-order valence-electron chi connectivity index (χ4n) is 4.80. The maximum Gasteiger partial charge on any atom is 0.418 e.